The van der Waals surface area contributed by atoms with Gasteiger partial charge in [0.15, 0.2) is 0 Å². The number of halogens is 1. The van der Waals surface area contributed by atoms with Crippen LogP contribution in [0.15, 0.2) is 54.9 Å². The average Bonchev–Trinajstić information content (AvgIpc) is 2.75. The summed E-state index contributed by atoms with van der Waals surface area (Å²) in [5.74, 6) is 0.665. The molecule has 0 aliphatic heterocycles. The number of aromatic nitrogens is 1. The summed E-state index contributed by atoms with van der Waals surface area (Å²) in [5.41, 5.74) is 0.607. The number of pyridine rings is 1. The number of aliphatic hydroxyl groups excluding tert-OH is 1. The molecular formula is C23H31ClN2O2. The molecule has 0 atom stereocenters. The Morgan fingerprint density at radius 2 is 1.79 bits per heavy atom. The van der Waals surface area contributed by atoms with Crippen LogP contribution in [0.1, 0.15) is 55.8 Å². The van der Waals surface area contributed by atoms with Gasteiger partial charge in [-0.3, -0.25) is 9.78 Å². The predicted octanol–water partition coefficient (Wildman–Crippen LogP) is 5.22. The highest BCUT2D eigenvalue weighted by Gasteiger charge is 2.29. The minimum Gasteiger partial charge on any atom is -0.396 e. The summed E-state index contributed by atoms with van der Waals surface area (Å²) in [7, 11) is 0. The van der Waals surface area contributed by atoms with Gasteiger partial charge in [0.25, 0.3) is 5.91 Å². The van der Waals surface area contributed by atoms with Crippen molar-refractivity contribution in [3.63, 3.8) is 0 Å². The van der Waals surface area contributed by atoms with E-state index in [2.05, 4.69) is 11.9 Å². The molecule has 1 amide bonds. The molecule has 0 radical (unpaired) electrons. The maximum absolute atomic E-state index is 12.9. The van der Waals surface area contributed by atoms with Crippen LogP contribution in [0.3, 0.4) is 0 Å². The van der Waals surface area contributed by atoms with E-state index in [0.29, 0.717) is 22.5 Å². The number of carbonyl (C=O) groups is 1. The minimum absolute atomic E-state index is 0.0538. The first kappa shape index (κ1) is 22.4. The molecule has 5 heteroatoms. The fraction of sp³-hybridized carbons (Fsp3) is 0.478. The third-order valence-corrected chi connectivity index (χ3v) is 5.52. The lowest BCUT2D eigenvalue weighted by Gasteiger charge is -2.37. The topological polar surface area (TPSA) is 53.4 Å². The minimum atomic E-state index is 0.0538. The molecule has 0 spiro atoms. The van der Waals surface area contributed by atoms with Crippen LogP contribution >= 0.6 is 11.6 Å². The summed E-state index contributed by atoms with van der Waals surface area (Å²) in [6, 6.07) is 13.3. The zero-order chi connectivity index (χ0) is 20.2. The van der Waals surface area contributed by atoms with Gasteiger partial charge in [-0.2, -0.15) is 0 Å². The Kier molecular flexibility index (Phi) is 10.0. The number of amides is 1. The smallest absolute Gasteiger partial charge is 0.255 e. The van der Waals surface area contributed by atoms with E-state index in [1.54, 1.807) is 18.5 Å². The van der Waals surface area contributed by atoms with Crippen molar-refractivity contribution in [2.75, 3.05) is 13.2 Å². The molecule has 1 aliphatic rings. The lowest BCUT2D eigenvalue weighted by atomic mass is 9.83. The SMILES string of the molecule is CCCN(C(=O)c1ccccc1Cl)C1CCC(CCO)CC1.c1ccncc1. The summed E-state index contributed by atoms with van der Waals surface area (Å²) in [4.78, 5) is 18.7. The number of carbonyl (C=O) groups excluding carboxylic acids is 1. The molecule has 1 aromatic carbocycles. The van der Waals surface area contributed by atoms with E-state index >= 15 is 0 Å². The Morgan fingerprint density at radius 3 is 2.29 bits per heavy atom. The molecule has 1 heterocycles. The molecule has 1 N–H and O–H groups in total. The van der Waals surface area contributed by atoms with Gasteiger partial charge in [-0.1, -0.05) is 36.7 Å². The number of aliphatic hydroxyl groups is 1. The van der Waals surface area contributed by atoms with Gasteiger partial charge in [-0.05, 0) is 68.7 Å². The van der Waals surface area contributed by atoms with Crippen molar-refractivity contribution in [3.05, 3.63) is 65.4 Å². The highest BCUT2D eigenvalue weighted by molar-refractivity contribution is 6.33. The molecule has 28 heavy (non-hydrogen) atoms. The van der Waals surface area contributed by atoms with Crippen molar-refractivity contribution in [2.24, 2.45) is 5.92 Å². The Labute approximate surface area is 173 Å². The summed E-state index contributed by atoms with van der Waals surface area (Å²) in [5, 5.41) is 9.60. The Balaban J connectivity index is 0.000000397. The summed E-state index contributed by atoms with van der Waals surface area (Å²) in [6.45, 7) is 3.15. The molecule has 0 unspecified atom stereocenters. The molecule has 152 valence electrons. The first-order valence-electron chi connectivity index (χ1n) is 10.2. The number of rotatable bonds is 6. The largest absolute Gasteiger partial charge is 0.396 e. The zero-order valence-electron chi connectivity index (χ0n) is 16.6. The Hall–Kier alpha value is -1.91. The van der Waals surface area contributed by atoms with Gasteiger partial charge >= 0.3 is 0 Å². The molecule has 0 saturated heterocycles. The standard InChI is InChI=1S/C18H26ClNO2.C5H5N/c1-2-12-20(15-9-7-14(8-10-15)11-13-21)18(22)16-5-3-4-6-17(16)19;1-2-4-6-5-3-1/h3-6,14-15,21H,2,7-13H2,1H3;1-5H. The Morgan fingerprint density at radius 1 is 1.11 bits per heavy atom. The fourth-order valence-corrected chi connectivity index (χ4v) is 3.94. The van der Waals surface area contributed by atoms with Crippen molar-refractivity contribution in [1.82, 2.24) is 9.88 Å². The third-order valence-electron chi connectivity index (χ3n) is 5.19. The van der Waals surface area contributed by atoms with E-state index in [9.17, 15) is 4.79 Å². The second-order valence-corrected chi connectivity index (χ2v) is 7.60. The molecule has 1 fully saturated rings. The monoisotopic (exact) mass is 402 g/mol. The van der Waals surface area contributed by atoms with E-state index in [1.165, 1.54) is 0 Å². The summed E-state index contributed by atoms with van der Waals surface area (Å²) >= 11 is 6.19. The first-order chi connectivity index (χ1) is 13.7. The highest BCUT2D eigenvalue weighted by Crippen LogP contribution is 2.31. The van der Waals surface area contributed by atoms with Crippen molar-refractivity contribution >= 4 is 17.5 Å². The van der Waals surface area contributed by atoms with Crippen LogP contribution in [0.4, 0.5) is 0 Å². The van der Waals surface area contributed by atoms with Crippen LogP contribution in [-0.4, -0.2) is 40.1 Å². The molecule has 2 aromatic rings. The Bertz CT molecular complexity index is 661. The summed E-state index contributed by atoms with van der Waals surface area (Å²) < 4.78 is 0. The lowest BCUT2D eigenvalue weighted by molar-refractivity contribution is 0.0600. The molecule has 1 saturated carbocycles. The van der Waals surface area contributed by atoms with E-state index < -0.39 is 0 Å². The number of nitrogens with zero attached hydrogens (tertiary/aromatic N) is 2. The molecule has 1 aliphatic carbocycles. The fourth-order valence-electron chi connectivity index (χ4n) is 3.72. The third kappa shape index (κ3) is 6.92. The zero-order valence-corrected chi connectivity index (χ0v) is 17.4. The van der Waals surface area contributed by atoms with Gasteiger partial charge < -0.3 is 10.0 Å². The number of hydrogen-bond donors (Lipinski definition) is 1. The predicted molar refractivity (Wildman–Crippen MR) is 114 cm³/mol. The number of benzene rings is 1. The first-order valence-corrected chi connectivity index (χ1v) is 10.6. The van der Waals surface area contributed by atoms with E-state index in [-0.39, 0.29) is 12.5 Å². The van der Waals surface area contributed by atoms with Crippen LogP contribution < -0.4 is 0 Å². The highest BCUT2D eigenvalue weighted by atomic mass is 35.5. The lowest BCUT2D eigenvalue weighted by Crippen LogP contribution is -2.43. The maximum atomic E-state index is 12.9. The van der Waals surface area contributed by atoms with Gasteiger partial charge in [0.2, 0.25) is 0 Å². The van der Waals surface area contributed by atoms with Crippen molar-refractivity contribution < 1.29 is 9.90 Å². The quantitative estimate of drug-likeness (QED) is 0.721. The second-order valence-electron chi connectivity index (χ2n) is 7.19. The molecular weight excluding hydrogens is 372 g/mol. The van der Waals surface area contributed by atoms with Gasteiger partial charge in [-0.25, -0.2) is 0 Å². The normalized spacial score (nSPS) is 18.7. The van der Waals surface area contributed by atoms with E-state index in [1.807, 2.05) is 41.3 Å². The van der Waals surface area contributed by atoms with Gasteiger partial charge in [0.05, 0.1) is 10.6 Å². The maximum Gasteiger partial charge on any atom is 0.255 e. The average molecular weight is 403 g/mol. The second kappa shape index (κ2) is 12.5. The van der Waals surface area contributed by atoms with Gasteiger partial charge in [0, 0.05) is 31.6 Å². The van der Waals surface area contributed by atoms with Crippen LogP contribution in [0, 0.1) is 5.92 Å². The summed E-state index contributed by atoms with van der Waals surface area (Å²) in [6.07, 6.45) is 9.59. The molecule has 4 nitrogen and oxygen atoms in total. The van der Waals surface area contributed by atoms with Crippen LogP contribution in [-0.2, 0) is 0 Å². The van der Waals surface area contributed by atoms with Crippen molar-refractivity contribution in [3.8, 4) is 0 Å². The van der Waals surface area contributed by atoms with Crippen LogP contribution in [0.5, 0.6) is 0 Å². The molecule has 0 bridgehead atoms. The molecule has 3 rings (SSSR count). The van der Waals surface area contributed by atoms with Crippen molar-refractivity contribution in [1.29, 1.82) is 0 Å². The van der Waals surface area contributed by atoms with Crippen molar-refractivity contribution in [2.45, 2.75) is 51.5 Å². The molecule has 1 aromatic heterocycles. The van der Waals surface area contributed by atoms with E-state index in [0.717, 1.165) is 45.1 Å². The van der Waals surface area contributed by atoms with Crippen LogP contribution in [0.2, 0.25) is 5.02 Å². The van der Waals surface area contributed by atoms with E-state index in [4.69, 9.17) is 16.7 Å². The van der Waals surface area contributed by atoms with Crippen LogP contribution in [0.25, 0.3) is 0 Å². The van der Waals surface area contributed by atoms with Gasteiger partial charge in [0.1, 0.15) is 0 Å². The number of hydrogen-bond acceptors (Lipinski definition) is 3. The van der Waals surface area contributed by atoms with Gasteiger partial charge in [-0.15, -0.1) is 0 Å².